The van der Waals surface area contributed by atoms with Crippen molar-refractivity contribution in [1.82, 2.24) is 10.9 Å². The van der Waals surface area contributed by atoms with Crippen LogP contribution in [0.2, 0.25) is 0 Å². The predicted octanol–water partition coefficient (Wildman–Crippen LogP) is 3.20. The van der Waals surface area contributed by atoms with E-state index in [2.05, 4.69) is 10.9 Å². The van der Waals surface area contributed by atoms with E-state index in [4.69, 9.17) is 9.47 Å². The molecule has 2 N–H and O–H groups in total. The molecule has 3 aromatic rings. The Balaban J connectivity index is 1.37. The zero-order valence-electron chi connectivity index (χ0n) is 16.3. The highest BCUT2D eigenvalue weighted by atomic mass is 16.6. The minimum atomic E-state index is -0.834. The lowest BCUT2D eigenvalue weighted by Crippen LogP contribution is -2.51. The first-order valence-corrected chi connectivity index (χ1v) is 9.78. The number of nitrogens with one attached hydrogen (secondary N) is 2. The Bertz CT molecular complexity index is 968. The number of fused-ring (bicyclic) bond motifs is 1. The predicted molar refractivity (Wildman–Crippen MR) is 112 cm³/mol. The number of ether oxygens (including phenoxy) is 2. The maximum atomic E-state index is 12.6. The molecule has 0 bridgehead atoms. The van der Waals surface area contributed by atoms with Gasteiger partial charge >= 0.3 is 0 Å². The van der Waals surface area contributed by atoms with E-state index in [9.17, 15) is 9.59 Å². The van der Waals surface area contributed by atoms with E-state index in [0.29, 0.717) is 11.5 Å². The van der Waals surface area contributed by atoms with Crippen LogP contribution in [0.15, 0.2) is 84.9 Å². The fraction of sp³-hybridized carbons (Fsp3) is 0.167. The first-order chi connectivity index (χ1) is 14.7. The SMILES string of the molecule is O=C(CC(c1ccccc1)c1ccccc1)NNC(=O)[C@H]1COc2ccccc2O1. The molecular formula is C24H22N2O4. The normalized spacial score (nSPS) is 14.8. The van der Waals surface area contributed by atoms with Crippen LogP contribution in [0.3, 0.4) is 0 Å². The molecule has 6 nitrogen and oxygen atoms in total. The van der Waals surface area contributed by atoms with Crippen molar-refractivity contribution >= 4 is 11.8 Å². The number of rotatable bonds is 5. The molecule has 3 aromatic carbocycles. The lowest BCUT2D eigenvalue weighted by atomic mass is 9.88. The van der Waals surface area contributed by atoms with E-state index in [1.165, 1.54) is 0 Å². The largest absolute Gasteiger partial charge is 0.485 e. The van der Waals surface area contributed by atoms with Crippen molar-refractivity contribution < 1.29 is 19.1 Å². The van der Waals surface area contributed by atoms with Gasteiger partial charge in [-0.05, 0) is 23.3 Å². The Morgan fingerprint density at radius 3 is 2.00 bits per heavy atom. The Kier molecular flexibility index (Phi) is 5.94. The molecule has 152 valence electrons. The quantitative estimate of drug-likeness (QED) is 0.643. The summed E-state index contributed by atoms with van der Waals surface area (Å²) in [5.74, 6) is 0.222. The fourth-order valence-electron chi connectivity index (χ4n) is 3.40. The number of carbonyl (C=O) groups excluding carboxylic acids is 2. The number of hydrazine groups is 1. The zero-order chi connectivity index (χ0) is 20.8. The molecular weight excluding hydrogens is 380 g/mol. The summed E-state index contributed by atoms with van der Waals surface area (Å²) in [6.45, 7) is 0.0787. The van der Waals surface area contributed by atoms with Crippen LogP contribution in [0.5, 0.6) is 11.5 Å². The Hall–Kier alpha value is -3.80. The highest BCUT2D eigenvalue weighted by Crippen LogP contribution is 2.31. The Labute approximate surface area is 174 Å². The molecule has 0 fully saturated rings. The molecule has 2 amide bonds. The third kappa shape index (κ3) is 4.60. The highest BCUT2D eigenvalue weighted by Gasteiger charge is 2.28. The number of para-hydroxylation sites is 2. The second-order valence-electron chi connectivity index (χ2n) is 6.98. The van der Waals surface area contributed by atoms with Crippen LogP contribution in [0.4, 0.5) is 0 Å². The number of amides is 2. The van der Waals surface area contributed by atoms with Gasteiger partial charge in [0.15, 0.2) is 11.5 Å². The van der Waals surface area contributed by atoms with Crippen molar-refractivity contribution in [2.45, 2.75) is 18.4 Å². The monoisotopic (exact) mass is 402 g/mol. The molecule has 30 heavy (non-hydrogen) atoms. The second kappa shape index (κ2) is 9.13. The van der Waals surface area contributed by atoms with Crippen molar-refractivity contribution in [3.63, 3.8) is 0 Å². The Morgan fingerprint density at radius 1 is 0.800 bits per heavy atom. The van der Waals surface area contributed by atoms with Crippen molar-refractivity contribution in [3.8, 4) is 11.5 Å². The summed E-state index contributed by atoms with van der Waals surface area (Å²) in [5.41, 5.74) is 7.01. The molecule has 4 rings (SSSR count). The summed E-state index contributed by atoms with van der Waals surface area (Å²) in [7, 11) is 0. The number of benzene rings is 3. The summed E-state index contributed by atoms with van der Waals surface area (Å²) in [6.07, 6.45) is -0.640. The lowest BCUT2D eigenvalue weighted by molar-refractivity contribution is -0.135. The van der Waals surface area contributed by atoms with E-state index in [-0.39, 0.29) is 24.9 Å². The van der Waals surface area contributed by atoms with Gasteiger partial charge in [0.25, 0.3) is 5.91 Å². The third-order valence-electron chi connectivity index (χ3n) is 4.92. The van der Waals surface area contributed by atoms with Gasteiger partial charge in [0, 0.05) is 12.3 Å². The van der Waals surface area contributed by atoms with Gasteiger partial charge in [0.1, 0.15) is 6.61 Å². The molecule has 1 aliphatic rings. The standard InChI is InChI=1S/C24H22N2O4/c27-23(15-19(17-9-3-1-4-10-17)18-11-5-2-6-12-18)25-26-24(28)22-16-29-20-13-7-8-14-21(20)30-22/h1-14,19,22H,15-16H2,(H,25,27)(H,26,28)/t22-/m1/s1. The van der Waals surface area contributed by atoms with Crippen LogP contribution in [0, 0.1) is 0 Å². The first-order valence-electron chi connectivity index (χ1n) is 9.78. The van der Waals surface area contributed by atoms with Crippen LogP contribution < -0.4 is 20.3 Å². The van der Waals surface area contributed by atoms with Gasteiger partial charge < -0.3 is 9.47 Å². The minimum absolute atomic E-state index is 0.0787. The van der Waals surface area contributed by atoms with Crippen LogP contribution >= 0.6 is 0 Å². The summed E-state index contributed by atoms with van der Waals surface area (Å²) in [6, 6.07) is 26.8. The smallest absolute Gasteiger partial charge is 0.283 e. The maximum absolute atomic E-state index is 12.6. The van der Waals surface area contributed by atoms with Gasteiger partial charge in [-0.2, -0.15) is 0 Å². The third-order valence-corrected chi connectivity index (χ3v) is 4.92. The molecule has 0 spiro atoms. The Morgan fingerprint density at radius 2 is 1.37 bits per heavy atom. The summed E-state index contributed by atoms with van der Waals surface area (Å²) < 4.78 is 11.2. The van der Waals surface area contributed by atoms with Crippen LogP contribution in [0.25, 0.3) is 0 Å². The van der Waals surface area contributed by atoms with Gasteiger partial charge in [-0.15, -0.1) is 0 Å². The number of carbonyl (C=O) groups is 2. The van der Waals surface area contributed by atoms with E-state index < -0.39 is 12.0 Å². The van der Waals surface area contributed by atoms with E-state index in [1.54, 1.807) is 18.2 Å². The van der Waals surface area contributed by atoms with Crippen LogP contribution in [0.1, 0.15) is 23.5 Å². The minimum Gasteiger partial charge on any atom is -0.485 e. The highest BCUT2D eigenvalue weighted by molar-refractivity contribution is 5.85. The average Bonchev–Trinajstić information content (AvgIpc) is 2.81. The molecule has 0 saturated carbocycles. The molecule has 1 heterocycles. The molecule has 6 heteroatoms. The molecule has 1 atom stereocenters. The molecule has 0 aliphatic carbocycles. The number of hydrogen-bond acceptors (Lipinski definition) is 4. The summed E-state index contributed by atoms with van der Waals surface area (Å²) >= 11 is 0. The average molecular weight is 402 g/mol. The molecule has 0 radical (unpaired) electrons. The second-order valence-corrected chi connectivity index (χ2v) is 6.98. The van der Waals surface area contributed by atoms with E-state index in [0.717, 1.165) is 11.1 Å². The molecule has 0 saturated heterocycles. The van der Waals surface area contributed by atoms with E-state index >= 15 is 0 Å². The lowest BCUT2D eigenvalue weighted by Gasteiger charge is -2.25. The molecule has 0 aromatic heterocycles. The molecule has 0 unspecified atom stereocenters. The molecule has 1 aliphatic heterocycles. The van der Waals surface area contributed by atoms with Crippen LogP contribution in [-0.2, 0) is 9.59 Å². The zero-order valence-corrected chi connectivity index (χ0v) is 16.3. The van der Waals surface area contributed by atoms with Crippen molar-refractivity contribution in [3.05, 3.63) is 96.1 Å². The van der Waals surface area contributed by atoms with Gasteiger partial charge in [-0.1, -0.05) is 72.8 Å². The van der Waals surface area contributed by atoms with Gasteiger partial charge in [0.05, 0.1) is 0 Å². The van der Waals surface area contributed by atoms with Crippen molar-refractivity contribution in [1.29, 1.82) is 0 Å². The van der Waals surface area contributed by atoms with Crippen molar-refractivity contribution in [2.75, 3.05) is 6.61 Å². The van der Waals surface area contributed by atoms with Gasteiger partial charge in [-0.3, -0.25) is 20.4 Å². The topological polar surface area (TPSA) is 76.7 Å². The maximum Gasteiger partial charge on any atom is 0.283 e. The first kappa shape index (κ1) is 19.5. The van der Waals surface area contributed by atoms with Gasteiger partial charge in [-0.25, -0.2) is 0 Å². The van der Waals surface area contributed by atoms with E-state index in [1.807, 2.05) is 66.7 Å². The summed E-state index contributed by atoms with van der Waals surface area (Å²) in [5, 5.41) is 0. The van der Waals surface area contributed by atoms with Crippen molar-refractivity contribution in [2.24, 2.45) is 0 Å². The fourth-order valence-corrected chi connectivity index (χ4v) is 3.40. The summed E-state index contributed by atoms with van der Waals surface area (Å²) in [4.78, 5) is 25.0. The van der Waals surface area contributed by atoms with Crippen LogP contribution in [-0.4, -0.2) is 24.5 Å². The van der Waals surface area contributed by atoms with Gasteiger partial charge in [0.2, 0.25) is 12.0 Å². The number of hydrogen-bond donors (Lipinski definition) is 2.